The van der Waals surface area contributed by atoms with E-state index < -0.39 is 12.1 Å². The highest BCUT2D eigenvalue weighted by molar-refractivity contribution is 6.42. The smallest absolute Gasteiger partial charge is 0.475 e. The summed E-state index contributed by atoms with van der Waals surface area (Å²) in [6.07, 6.45) is -1.72. The SMILES string of the molecule is CCCCC(=O)NCCc1ccc(Cl)c(Cl)c1.O=C(O)C(F)(F)F. The minimum atomic E-state index is -5.08. The Morgan fingerprint density at radius 1 is 1.21 bits per heavy atom. The zero-order chi connectivity index (χ0) is 18.8. The number of carboxylic acids is 1. The van der Waals surface area contributed by atoms with Crippen LogP contribution in [0.3, 0.4) is 0 Å². The molecule has 0 unspecified atom stereocenters. The van der Waals surface area contributed by atoms with Crippen LogP contribution in [0.25, 0.3) is 0 Å². The van der Waals surface area contributed by atoms with Crippen LogP contribution < -0.4 is 5.32 Å². The van der Waals surface area contributed by atoms with Gasteiger partial charge in [-0.2, -0.15) is 13.2 Å². The molecule has 0 bridgehead atoms. The lowest BCUT2D eigenvalue weighted by atomic mass is 10.1. The highest BCUT2D eigenvalue weighted by Gasteiger charge is 2.38. The van der Waals surface area contributed by atoms with E-state index in [1.54, 1.807) is 6.07 Å². The predicted octanol–water partition coefficient (Wildman–Crippen LogP) is 4.48. The van der Waals surface area contributed by atoms with Gasteiger partial charge < -0.3 is 10.4 Å². The number of rotatable bonds is 6. The molecule has 0 aliphatic rings. The Morgan fingerprint density at radius 3 is 2.25 bits per heavy atom. The summed E-state index contributed by atoms with van der Waals surface area (Å²) in [5.74, 6) is -2.64. The molecule has 0 saturated carbocycles. The first kappa shape index (κ1) is 22.5. The van der Waals surface area contributed by atoms with E-state index in [0.717, 1.165) is 24.8 Å². The predicted molar refractivity (Wildman–Crippen MR) is 86.4 cm³/mol. The molecule has 1 aromatic carbocycles. The average Bonchev–Trinajstić information content (AvgIpc) is 2.48. The highest BCUT2D eigenvalue weighted by Crippen LogP contribution is 2.22. The van der Waals surface area contributed by atoms with Gasteiger partial charge in [-0.25, -0.2) is 4.79 Å². The summed E-state index contributed by atoms with van der Waals surface area (Å²) in [6, 6.07) is 5.53. The molecule has 1 rings (SSSR count). The molecule has 0 fully saturated rings. The quantitative estimate of drug-likeness (QED) is 0.756. The van der Waals surface area contributed by atoms with Crippen molar-refractivity contribution in [1.82, 2.24) is 5.32 Å². The van der Waals surface area contributed by atoms with Crippen LogP contribution in [0.2, 0.25) is 10.0 Å². The first-order chi connectivity index (χ1) is 11.1. The van der Waals surface area contributed by atoms with E-state index in [1.807, 2.05) is 12.1 Å². The Kier molecular flexibility index (Phi) is 10.5. The summed E-state index contributed by atoms with van der Waals surface area (Å²) in [6.45, 7) is 2.71. The van der Waals surface area contributed by atoms with Crippen molar-refractivity contribution in [2.75, 3.05) is 6.54 Å². The third kappa shape index (κ3) is 10.3. The van der Waals surface area contributed by atoms with Crippen LogP contribution in [-0.4, -0.2) is 29.7 Å². The van der Waals surface area contributed by atoms with Gasteiger partial charge in [0.15, 0.2) is 0 Å². The number of halogens is 5. The van der Waals surface area contributed by atoms with Crippen LogP contribution in [-0.2, 0) is 16.0 Å². The summed E-state index contributed by atoms with van der Waals surface area (Å²) in [4.78, 5) is 20.3. The largest absolute Gasteiger partial charge is 0.490 e. The molecule has 2 N–H and O–H groups in total. The minimum Gasteiger partial charge on any atom is -0.475 e. The molecule has 1 amide bonds. The molecule has 136 valence electrons. The topological polar surface area (TPSA) is 66.4 Å². The molecule has 0 aromatic heterocycles. The maximum atomic E-state index is 11.4. The van der Waals surface area contributed by atoms with Crippen molar-refractivity contribution in [2.24, 2.45) is 0 Å². The zero-order valence-corrected chi connectivity index (χ0v) is 14.4. The van der Waals surface area contributed by atoms with Crippen molar-refractivity contribution in [2.45, 2.75) is 38.8 Å². The Hall–Kier alpha value is -1.47. The van der Waals surface area contributed by atoms with Crippen molar-refractivity contribution in [3.05, 3.63) is 33.8 Å². The van der Waals surface area contributed by atoms with Gasteiger partial charge in [-0.1, -0.05) is 42.6 Å². The monoisotopic (exact) mass is 387 g/mol. The number of hydrogen-bond acceptors (Lipinski definition) is 2. The number of hydrogen-bond donors (Lipinski definition) is 2. The maximum absolute atomic E-state index is 11.4. The molecule has 0 saturated heterocycles. The highest BCUT2D eigenvalue weighted by atomic mass is 35.5. The van der Waals surface area contributed by atoms with E-state index in [1.165, 1.54) is 0 Å². The normalized spacial score (nSPS) is 10.6. The van der Waals surface area contributed by atoms with E-state index in [-0.39, 0.29) is 5.91 Å². The van der Waals surface area contributed by atoms with Gasteiger partial charge in [-0.3, -0.25) is 4.79 Å². The second kappa shape index (κ2) is 11.1. The van der Waals surface area contributed by atoms with Crippen molar-refractivity contribution < 1.29 is 27.9 Å². The molecule has 0 radical (unpaired) electrons. The summed E-state index contributed by atoms with van der Waals surface area (Å²) < 4.78 is 31.7. The van der Waals surface area contributed by atoms with E-state index >= 15 is 0 Å². The molecular formula is C15H18Cl2F3NO3. The van der Waals surface area contributed by atoms with Gasteiger partial charge >= 0.3 is 12.1 Å². The number of benzene rings is 1. The van der Waals surface area contributed by atoms with Crippen molar-refractivity contribution in [3.63, 3.8) is 0 Å². The molecule has 9 heteroatoms. The number of aliphatic carboxylic acids is 1. The fourth-order valence-electron chi connectivity index (χ4n) is 1.47. The Morgan fingerprint density at radius 2 is 1.79 bits per heavy atom. The molecule has 1 aromatic rings. The van der Waals surface area contributed by atoms with Crippen molar-refractivity contribution >= 4 is 35.1 Å². The number of alkyl halides is 3. The van der Waals surface area contributed by atoms with Crippen LogP contribution in [0.4, 0.5) is 13.2 Å². The molecule has 0 aliphatic carbocycles. The minimum absolute atomic E-state index is 0.118. The molecule has 24 heavy (non-hydrogen) atoms. The van der Waals surface area contributed by atoms with E-state index in [0.29, 0.717) is 23.0 Å². The first-order valence-electron chi connectivity index (χ1n) is 7.08. The number of carbonyl (C=O) groups excluding carboxylic acids is 1. The van der Waals surface area contributed by atoms with E-state index in [4.69, 9.17) is 33.1 Å². The van der Waals surface area contributed by atoms with Gasteiger partial charge in [0.1, 0.15) is 0 Å². The molecule has 4 nitrogen and oxygen atoms in total. The maximum Gasteiger partial charge on any atom is 0.490 e. The lowest BCUT2D eigenvalue weighted by molar-refractivity contribution is -0.192. The number of amides is 1. The summed E-state index contributed by atoms with van der Waals surface area (Å²) in [5.41, 5.74) is 1.08. The molecule has 0 spiro atoms. The van der Waals surface area contributed by atoms with Crippen LogP contribution >= 0.6 is 23.2 Å². The van der Waals surface area contributed by atoms with Gasteiger partial charge in [0.2, 0.25) is 5.91 Å². The lowest BCUT2D eigenvalue weighted by Crippen LogP contribution is -2.25. The van der Waals surface area contributed by atoms with Crippen LogP contribution in [0.5, 0.6) is 0 Å². The fraction of sp³-hybridized carbons (Fsp3) is 0.467. The van der Waals surface area contributed by atoms with Crippen molar-refractivity contribution in [1.29, 1.82) is 0 Å². The van der Waals surface area contributed by atoms with Gasteiger partial charge in [0.25, 0.3) is 0 Å². The number of unbranched alkanes of at least 4 members (excludes halogenated alkanes) is 1. The standard InChI is InChI=1S/C13H17Cl2NO.C2HF3O2/c1-2-3-4-13(17)16-8-7-10-5-6-11(14)12(15)9-10;3-2(4,5)1(6)7/h5-6,9H,2-4,7-8H2,1H3,(H,16,17);(H,6,7). The van der Waals surface area contributed by atoms with Crippen LogP contribution in [0, 0.1) is 0 Å². The first-order valence-corrected chi connectivity index (χ1v) is 7.84. The van der Waals surface area contributed by atoms with E-state index in [2.05, 4.69) is 12.2 Å². The van der Waals surface area contributed by atoms with E-state index in [9.17, 15) is 18.0 Å². The summed E-state index contributed by atoms with van der Waals surface area (Å²) in [7, 11) is 0. The number of carbonyl (C=O) groups is 2. The lowest BCUT2D eigenvalue weighted by Gasteiger charge is -2.05. The summed E-state index contributed by atoms with van der Waals surface area (Å²) in [5, 5.41) is 11.1. The van der Waals surface area contributed by atoms with Crippen LogP contribution in [0.1, 0.15) is 31.7 Å². The Bertz CT molecular complexity index is 551. The fourth-order valence-corrected chi connectivity index (χ4v) is 1.79. The number of carboxylic acid groups (broad SMARTS) is 1. The van der Waals surface area contributed by atoms with Gasteiger partial charge in [-0.05, 0) is 30.5 Å². The second-order valence-electron chi connectivity index (χ2n) is 4.75. The van der Waals surface area contributed by atoms with Crippen molar-refractivity contribution in [3.8, 4) is 0 Å². The average molecular weight is 388 g/mol. The molecule has 0 heterocycles. The molecular weight excluding hydrogens is 370 g/mol. The number of nitrogens with one attached hydrogen (secondary N) is 1. The Labute approximate surface area is 147 Å². The zero-order valence-electron chi connectivity index (χ0n) is 12.9. The molecule has 0 atom stereocenters. The Balaban J connectivity index is 0.000000640. The van der Waals surface area contributed by atoms with Gasteiger partial charge in [0.05, 0.1) is 10.0 Å². The van der Waals surface area contributed by atoms with Crippen LogP contribution in [0.15, 0.2) is 18.2 Å². The third-order valence-corrected chi connectivity index (χ3v) is 3.46. The second-order valence-corrected chi connectivity index (χ2v) is 5.57. The third-order valence-electron chi connectivity index (χ3n) is 2.72. The summed E-state index contributed by atoms with van der Waals surface area (Å²) >= 11 is 11.7. The molecule has 0 aliphatic heterocycles. The van der Waals surface area contributed by atoms with Gasteiger partial charge in [0, 0.05) is 13.0 Å². The van der Waals surface area contributed by atoms with Gasteiger partial charge in [-0.15, -0.1) is 0 Å².